The van der Waals surface area contributed by atoms with Gasteiger partial charge in [0.1, 0.15) is 6.04 Å². The molecule has 1 unspecified atom stereocenters. The van der Waals surface area contributed by atoms with Gasteiger partial charge in [0.25, 0.3) is 0 Å². The number of guanidine groups is 1. The van der Waals surface area contributed by atoms with Crippen molar-refractivity contribution >= 4 is 17.8 Å². The van der Waals surface area contributed by atoms with Crippen molar-refractivity contribution in [2.45, 2.75) is 45.1 Å². The molecule has 2 amide bonds. The molecule has 0 saturated carbocycles. The van der Waals surface area contributed by atoms with E-state index in [4.69, 9.17) is 11.5 Å². The summed E-state index contributed by atoms with van der Waals surface area (Å²) in [4.78, 5) is 29.6. The smallest absolute Gasteiger partial charge is 0.242 e. The topological polar surface area (TPSA) is 114 Å². The number of likely N-dealkylation sites (tertiary alicyclic amines) is 1. The summed E-state index contributed by atoms with van der Waals surface area (Å²) in [5, 5.41) is 2.78. The number of amides is 2. The van der Waals surface area contributed by atoms with Crippen LogP contribution in [0.25, 0.3) is 0 Å². The molecule has 0 aromatic rings. The van der Waals surface area contributed by atoms with Crippen molar-refractivity contribution in [2.75, 3.05) is 19.6 Å². The summed E-state index contributed by atoms with van der Waals surface area (Å²) in [6.07, 6.45) is 3.58. The van der Waals surface area contributed by atoms with E-state index < -0.39 is 0 Å². The number of hydrogen-bond donors (Lipinski definition) is 3. The van der Waals surface area contributed by atoms with E-state index in [1.54, 1.807) is 4.90 Å². The van der Waals surface area contributed by atoms with Crippen molar-refractivity contribution < 1.29 is 9.59 Å². The second-order valence-electron chi connectivity index (χ2n) is 4.90. The first-order valence-electron chi connectivity index (χ1n) is 7.18. The van der Waals surface area contributed by atoms with Crippen molar-refractivity contribution in [3.63, 3.8) is 0 Å². The zero-order chi connectivity index (χ0) is 15.0. The molecular formula is C13H25N5O2. The molecular weight excluding hydrogens is 258 g/mol. The lowest BCUT2D eigenvalue weighted by Gasteiger charge is -2.23. The number of nitrogens with zero attached hydrogens (tertiary/aromatic N) is 2. The highest BCUT2D eigenvalue weighted by Crippen LogP contribution is 2.19. The predicted octanol–water partition coefficient (Wildman–Crippen LogP) is -0.443. The SMILES string of the molecule is CCNC(=O)C1CCCN1C(=O)CCCCN=C(N)N. The van der Waals surface area contributed by atoms with Crippen molar-refractivity contribution in [3.05, 3.63) is 0 Å². The van der Waals surface area contributed by atoms with Crippen LogP contribution in [0.4, 0.5) is 0 Å². The molecule has 114 valence electrons. The highest BCUT2D eigenvalue weighted by Gasteiger charge is 2.33. The van der Waals surface area contributed by atoms with Crippen LogP contribution >= 0.6 is 0 Å². The molecule has 0 aromatic carbocycles. The first-order valence-corrected chi connectivity index (χ1v) is 7.18. The predicted molar refractivity (Wildman–Crippen MR) is 77.9 cm³/mol. The zero-order valence-corrected chi connectivity index (χ0v) is 12.1. The zero-order valence-electron chi connectivity index (χ0n) is 12.1. The van der Waals surface area contributed by atoms with Crippen LogP contribution in [0.2, 0.25) is 0 Å². The Bertz CT molecular complexity index is 366. The lowest BCUT2D eigenvalue weighted by atomic mass is 10.1. The third-order valence-corrected chi connectivity index (χ3v) is 3.32. The minimum absolute atomic E-state index is 0.0427. The van der Waals surface area contributed by atoms with Gasteiger partial charge in [-0.15, -0.1) is 0 Å². The van der Waals surface area contributed by atoms with Crippen molar-refractivity contribution in [1.29, 1.82) is 0 Å². The fourth-order valence-corrected chi connectivity index (χ4v) is 2.37. The fraction of sp³-hybridized carbons (Fsp3) is 0.769. The van der Waals surface area contributed by atoms with Crippen LogP contribution in [0.5, 0.6) is 0 Å². The number of carbonyl (C=O) groups is 2. The fourth-order valence-electron chi connectivity index (χ4n) is 2.37. The molecule has 1 atom stereocenters. The van der Waals surface area contributed by atoms with Crippen LogP contribution in [-0.4, -0.2) is 48.3 Å². The molecule has 0 aromatic heterocycles. The van der Waals surface area contributed by atoms with Gasteiger partial charge in [-0.05, 0) is 32.6 Å². The highest BCUT2D eigenvalue weighted by atomic mass is 16.2. The molecule has 1 saturated heterocycles. The van der Waals surface area contributed by atoms with Crippen LogP contribution in [0.3, 0.4) is 0 Å². The summed E-state index contributed by atoms with van der Waals surface area (Å²) >= 11 is 0. The van der Waals surface area contributed by atoms with Crippen LogP contribution in [0.15, 0.2) is 4.99 Å². The Morgan fingerprint density at radius 2 is 2.10 bits per heavy atom. The van der Waals surface area contributed by atoms with Gasteiger partial charge in [-0.25, -0.2) is 0 Å². The Morgan fingerprint density at radius 1 is 1.35 bits per heavy atom. The van der Waals surface area contributed by atoms with Gasteiger partial charge in [0, 0.05) is 26.1 Å². The molecule has 0 bridgehead atoms. The standard InChI is InChI=1S/C13H25N5O2/c1-2-16-12(20)10-6-5-9-18(10)11(19)7-3-4-8-17-13(14)15/h10H,2-9H2,1H3,(H,16,20)(H4,14,15,17). The van der Waals surface area contributed by atoms with Crippen LogP contribution in [0.1, 0.15) is 39.0 Å². The van der Waals surface area contributed by atoms with E-state index in [0.29, 0.717) is 26.1 Å². The Morgan fingerprint density at radius 3 is 2.75 bits per heavy atom. The molecule has 7 heteroatoms. The maximum absolute atomic E-state index is 12.1. The van der Waals surface area contributed by atoms with Gasteiger partial charge in [0.2, 0.25) is 11.8 Å². The van der Waals surface area contributed by atoms with Crippen LogP contribution < -0.4 is 16.8 Å². The molecule has 1 aliphatic heterocycles. The summed E-state index contributed by atoms with van der Waals surface area (Å²) in [6, 6.07) is -0.292. The van der Waals surface area contributed by atoms with Gasteiger partial charge >= 0.3 is 0 Å². The second-order valence-corrected chi connectivity index (χ2v) is 4.90. The Hall–Kier alpha value is -1.79. The average molecular weight is 283 g/mol. The second kappa shape index (κ2) is 8.39. The van der Waals surface area contributed by atoms with Gasteiger partial charge in [-0.1, -0.05) is 0 Å². The summed E-state index contributed by atoms with van der Waals surface area (Å²) in [6.45, 7) is 3.68. The van der Waals surface area contributed by atoms with Crippen molar-refractivity contribution in [2.24, 2.45) is 16.5 Å². The molecule has 20 heavy (non-hydrogen) atoms. The molecule has 1 heterocycles. The number of unbranched alkanes of at least 4 members (excludes halogenated alkanes) is 1. The molecule has 0 radical (unpaired) electrons. The molecule has 5 N–H and O–H groups in total. The Kier molecular flexibility index (Phi) is 6.83. The number of likely N-dealkylation sites (N-methyl/N-ethyl adjacent to an activating group) is 1. The van der Waals surface area contributed by atoms with Crippen molar-refractivity contribution in [1.82, 2.24) is 10.2 Å². The third-order valence-electron chi connectivity index (χ3n) is 3.32. The number of rotatable bonds is 7. The largest absolute Gasteiger partial charge is 0.370 e. The summed E-state index contributed by atoms with van der Waals surface area (Å²) in [5.41, 5.74) is 10.4. The normalized spacial score (nSPS) is 17.9. The number of nitrogens with one attached hydrogen (secondary N) is 1. The minimum atomic E-state index is -0.292. The van der Waals surface area contributed by atoms with Gasteiger partial charge < -0.3 is 21.7 Å². The van der Waals surface area contributed by atoms with Crippen molar-refractivity contribution in [3.8, 4) is 0 Å². The van der Waals surface area contributed by atoms with E-state index in [1.807, 2.05) is 6.92 Å². The van der Waals surface area contributed by atoms with E-state index in [2.05, 4.69) is 10.3 Å². The molecule has 1 aliphatic rings. The van der Waals surface area contributed by atoms with Crippen LogP contribution in [-0.2, 0) is 9.59 Å². The van der Waals surface area contributed by atoms with E-state index in [0.717, 1.165) is 25.7 Å². The maximum Gasteiger partial charge on any atom is 0.242 e. The maximum atomic E-state index is 12.1. The van der Waals surface area contributed by atoms with Gasteiger partial charge in [-0.3, -0.25) is 14.6 Å². The summed E-state index contributed by atoms with van der Waals surface area (Å²) in [5.74, 6) is 0.0782. The number of aliphatic imine (C=N–C) groups is 1. The summed E-state index contributed by atoms with van der Waals surface area (Å²) < 4.78 is 0. The molecule has 1 fully saturated rings. The van der Waals surface area contributed by atoms with Gasteiger partial charge in [-0.2, -0.15) is 0 Å². The highest BCUT2D eigenvalue weighted by molar-refractivity contribution is 5.88. The van der Waals surface area contributed by atoms with E-state index in [9.17, 15) is 9.59 Å². The van der Waals surface area contributed by atoms with E-state index in [-0.39, 0.29) is 23.8 Å². The monoisotopic (exact) mass is 283 g/mol. The van der Waals surface area contributed by atoms with E-state index >= 15 is 0 Å². The Labute approximate surface area is 119 Å². The van der Waals surface area contributed by atoms with Gasteiger partial charge in [0.15, 0.2) is 5.96 Å². The van der Waals surface area contributed by atoms with Crippen LogP contribution in [0, 0.1) is 0 Å². The lowest BCUT2D eigenvalue weighted by molar-refractivity contribution is -0.138. The molecule has 0 spiro atoms. The quantitative estimate of drug-likeness (QED) is 0.334. The molecule has 0 aliphatic carbocycles. The third kappa shape index (κ3) is 5.07. The van der Waals surface area contributed by atoms with E-state index in [1.165, 1.54) is 0 Å². The first kappa shape index (κ1) is 16.3. The lowest BCUT2D eigenvalue weighted by Crippen LogP contribution is -2.45. The Balaban J connectivity index is 2.34. The first-order chi connectivity index (χ1) is 9.56. The number of nitrogens with two attached hydrogens (primary N) is 2. The summed E-state index contributed by atoms with van der Waals surface area (Å²) in [7, 11) is 0. The minimum Gasteiger partial charge on any atom is -0.370 e. The van der Waals surface area contributed by atoms with Gasteiger partial charge in [0.05, 0.1) is 0 Å². The number of carbonyl (C=O) groups excluding carboxylic acids is 2. The average Bonchev–Trinajstić information content (AvgIpc) is 2.87. The number of hydrogen-bond acceptors (Lipinski definition) is 3. The molecule has 1 rings (SSSR count). The molecule has 7 nitrogen and oxygen atoms in total.